The molecule has 2 rings (SSSR count). The van der Waals surface area contributed by atoms with Crippen LogP contribution in [0.2, 0.25) is 5.02 Å². The number of hydrogen-bond acceptors (Lipinski definition) is 3. The summed E-state index contributed by atoms with van der Waals surface area (Å²) in [6.45, 7) is 2.62. The Morgan fingerprint density at radius 2 is 1.88 bits per heavy atom. The molecule has 0 spiro atoms. The highest BCUT2D eigenvalue weighted by Crippen LogP contribution is 2.13. The third-order valence-electron chi connectivity index (χ3n) is 3.38. The monoisotopic (exact) mass is 344 g/mol. The molecule has 126 valence electrons. The summed E-state index contributed by atoms with van der Waals surface area (Å²) in [5, 5.41) is 4.62. The van der Waals surface area contributed by atoms with Crippen LogP contribution in [-0.2, 0) is 11.2 Å². The summed E-state index contributed by atoms with van der Waals surface area (Å²) in [7, 11) is 0. The zero-order valence-corrected chi connectivity index (χ0v) is 14.4. The van der Waals surface area contributed by atoms with Gasteiger partial charge >= 0.3 is 0 Å². The maximum Gasteiger partial charge on any atom is 0.240 e. The number of benzene rings is 2. The van der Waals surface area contributed by atoms with Crippen molar-refractivity contribution in [1.82, 2.24) is 5.43 Å². The fourth-order valence-electron chi connectivity index (χ4n) is 2.16. The highest BCUT2D eigenvalue weighted by atomic mass is 35.5. The van der Waals surface area contributed by atoms with Crippen molar-refractivity contribution in [2.75, 3.05) is 6.61 Å². The Morgan fingerprint density at radius 3 is 2.54 bits per heavy atom. The maximum absolute atomic E-state index is 11.8. The van der Waals surface area contributed by atoms with Crippen LogP contribution < -0.4 is 10.2 Å². The molecule has 0 aliphatic rings. The van der Waals surface area contributed by atoms with Crippen molar-refractivity contribution in [2.24, 2.45) is 5.10 Å². The van der Waals surface area contributed by atoms with Crippen LogP contribution >= 0.6 is 11.6 Å². The number of nitrogens with zero attached hydrogens (tertiary/aromatic N) is 1. The van der Waals surface area contributed by atoms with Crippen LogP contribution in [0.5, 0.6) is 5.75 Å². The Hall–Kier alpha value is -2.33. The van der Waals surface area contributed by atoms with Crippen LogP contribution in [0.25, 0.3) is 0 Å². The Bertz CT molecular complexity index is 667. The molecule has 24 heavy (non-hydrogen) atoms. The number of aryl methyl sites for hydroxylation is 1. The van der Waals surface area contributed by atoms with Crippen LogP contribution in [0.15, 0.2) is 53.6 Å². The van der Waals surface area contributed by atoms with E-state index in [9.17, 15) is 4.79 Å². The van der Waals surface area contributed by atoms with Gasteiger partial charge in [-0.1, -0.05) is 35.9 Å². The number of carbonyl (C=O) groups excluding carboxylic acids is 1. The number of hydrazone groups is 1. The molecule has 0 aliphatic heterocycles. The van der Waals surface area contributed by atoms with E-state index in [0.29, 0.717) is 18.1 Å². The van der Waals surface area contributed by atoms with Crippen molar-refractivity contribution in [1.29, 1.82) is 0 Å². The molecule has 0 atom stereocenters. The zero-order valence-electron chi connectivity index (χ0n) is 13.7. The van der Waals surface area contributed by atoms with Gasteiger partial charge in [-0.25, -0.2) is 5.43 Å². The van der Waals surface area contributed by atoms with E-state index < -0.39 is 0 Å². The normalized spacial score (nSPS) is 10.8. The molecule has 0 heterocycles. The molecular weight excluding hydrogens is 324 g/mol. The van der Waals surface area contributed by atoms with Gasteiger partial charge in [0.05, 0.1) is 12.8 Å². The zero-order chi connectivity index (χ0) is 17.2. The molecule has 2 aromatic carbocycles. The second-order valence-corrected chi connectivity index (χ2v) is 5.71. The lowest BCUT2D eigenvalue weighted by Crippen LogP contribution is -2.17. The summed E-state index contributed by atoms with van der Waals surface area (Å²) in [5.74, 6) is 0.779. The van der Waals surface area contributed by atoms with Gasteiger partial charge in [0.2, 0.25) is 5.91 Å². The van der Waals surface area contributed by atoms with E-state index in [1.807, 2.05) is 43.3 Å². The molecule has 1 amide bonds. The predicted octanol–water partition coefficient (Wildman–Crippen LogP) is 4.21. The first kappa shape index (κ1) is 18.0. The van der Waals surface area contributed by atoms with E-state index >= 15 is 0 Å². The molecule has 0 aromatic heterocycles. The lowest BCUT2D eigenvalue weighted by molar-refractivity contribution is -0.121. The molecule has 2 aromatic rings. The smallest absolute Gasteiger partial charge is 0.240 e. The van der Waals surface area contributed by atoms with Gasteiger partial charge in [-0.3, -0.25) is 4.79 Å². The first-order valence-corrected chi connectivity index (χ1v) is 8.34. The first-order valence-electron chi connectivity index (χ1n) is 7.96. The van der Waals surface area contributed by atoms with Gasteiger partial charge in [-0.15, -0.1) is 0 Å². The van der Waals surface area contributed by atoms with Gasteiger partial charge in [0.1, 0.15) is 5.75 Å². The molecule has 5 heteroatoms. The highest BCUT2D eigenvalue weighted by molar-refractivity contribution is 6.30. The van der Waals surface area contributed by atoms with Gasteiger partial charge in [-0.05, 0) is 55.2 Å². The molecule has 0 aliphatic carbocycles. The third-order valence-corrected chi connectivity index (χ3v) is 3.63. The van der Waals surface area contributed by atoms with Crippen molar-refractivity contribution in [3.63, 3.8) is 0 Å². The van der Waals surface area contributed by atoms with Crippen molar-refractivity contribution in [2.45, 2.75) is 26.2 Å². The minimum absolute atomic E-state index is 0.0915. The van der Waals surface area contributed by atoms with Gasteiger partial charge < -0.3 is 4.74 Å². The molecule has 4 nitrogen and oxygen atoms in total. The molecule has 0 fully saturated rings. The van der Waals surface area contributed by atoms with Crippen molar-refractivity contribution < 1.29 is 9.53 Å². The molecule has 0 bridgehead atoms. The molecule has 0 unspecified atom stereocenters. The molecule has 0 radical (unpaired) electrons. The number of nitrogens with one attached hydrogen (secondary N) is 1. The minimum atomic E-state index is -0.0915. The van der Waals surface area contributed by atoms with Gasteiger partial charge in [0.15, 0.2) is 0 Å². The third kappa shape index (κ3) is 6.42. The topological polar surface area (TPSA) is 50.7 Å². The van der Waals surface area contributed by atoms with Crippen molar-refractivity contribution in [3.05, 3.63) is 64.7 Å². The number of hydrogen-bond donors (Lipinski definition) is 1. The van der Waals surface area contributed by atoms with E-state index in [1.54, 1.807) is 18.3 Å². The predicted molar refractivity (Wildman–Crippen MR) is 97.7 cm³/mol. The number of carbonyl (C=O) groups is 1. The average molecular weight is 345 g/mol. The summed E-state index contributed by atoms with van der Waals surface area (Å²) < 4.78 is 5.40. The van der Waals surface area contributed by atoms with Crippen LogP contribution in [0, 0.1) is 0 Å². The highest BCUT2D eigenvalue weighted by Gasteiger charge is 2.01. The van der Waals surface area contributed by atoms with E-state index in [0.717, 1.165) is 24.2 Å². The van der Waals surface area contributed by atoms with Crippen molar-refractivity contribution >= 4 is 23.7 Å². The van der Waals surface area contributed by atoms with Gasteiger partial charge in [0, 0.05) is 11.4 Å². The van der Waals surface area contributed by atoms with Crippen molar-refractivity contribution in [3.8, 4) is 5.75 Å². The second-order valence-electron chi connectivity index (χ2n) is 5.28. The minimum Gasteiger partial charge on any atom is -0.494 e. The molecule has 0 saturated heterocycles. The second kappa shape index (κ2) is 9.73. The maximum atomic E-state index is 11.8. The number of ether oxygens (including phenoxy) is 1. The fraction of sp³-hybridized carbons (Fsp3) is 0.263. The first-order chi connectivity index (χ1) is 11.7. The Balaban J connectivity index is 1.68. The summed E-state index contributed by atoms with van der Waals surface area (Å²) in [6, 6.07) is 15.2. The summed E-state index contributed by atoms with van der Waals surface area (Å²) in [4.78, 5) is 11.8. The van der Waals surface area contributed by atoms with E-state index in [-0.39, 0.29) is 5.91 Å². The summed E-state index contributed by atoms with van der Waals surface area (Å²) >= 11 is 5.81. The number of amides is 1. The lowest BCUT2D eigenvalue weighted by Gasteiger charge is -2.05. The summed E-state index contributed by atoms with van der Waals surface area (Å²) in [5.41, 5.74) is 4.61. The Kier molecular flexibility index (Phi) is 7.30. The Morgan fingerprint density at radius 1 is 1.17 bits per heavy atom. The van der Waals surface area contributed by atoms with E-state index in [1.165, 1.54) is 5.56 Å². The van der Waals surface area contributed by atoms with Gasteiger partial charge in [0.25, 0.3) is 0 Å². The largest absolute Gasteiger partial charge is 0.494 e. The van der Waals surface area contributed by atoms with Crippen LogP contribution in [0.1, 0.15) is 30.9 Å². The molecular formula is C19H21ClN2O2. The molecule has 1 N–H and O–H groups in total. The fourth-order valence-corrected chi connectivity index (χ4v) is 2.28. The van der Waals surface area contributed by atoms with E-state index in [2.05, 4.69) is 10.5 Å². The number of rotatable bonds is 8. The van der Waals surface area contributed by atoms with E-state index in [4.69, 9.17) is 16.3 Å². The lowest BCUT2D eigenvalue weighted by atomic mass is 10.1. The van der Waals surface area contributed by atoms with Gasteiger partial charge in [-0.2, -0.15) is 5.10 Å². The summed E-state index contributed by atoms with van der Waals surface area (Å²) in [6.07, 6.45) is 3.66. The standard InChI is InChI=1S/C19H21ClN2O2/c1-2-24-18-12-8-15(9-13-18)4-3-5-19(23)22-21-14-16-6-10-17(20)11-7-16/h6-14H,2-5H2,1H3,(H,22,23)/b21-14+. The van der Waals surface area contributed by atoms with Crippen LogP contribution in [-0.4, -0.2) is 18.7 Å². The Labute approximate surface area is 147 Å². The van der Waals surface area contributed by atoms with Crippen LogP contribution in [0.3, 0.4) is 0 Å². The number of halogens is 1. The van der Waals surface area contributed by atoms with Crippen LogP contribution in [0.4, 0.5) is 0 Å². The molecule has 0 saturated carbocycles. The quantitative estimate of drug-likeness (QED) is 0.576. The SMILES string of the molecule is CCOc1ccc(CCCC(=O)N/N=C/c2ccc(Cl)cc2)cc1. The average Bonchev–Trinajstić information content (AvgIpc) is 2.58.